The Hall–Kier alpha value is -0.940. The van der Waals surface area contributed by atoms with Gasteiger partial charge in [0.05, 0.1) is 4.47 Å². The monoisotopic (exact) mass is 345 g/mol. The van der Waals surface area contributed by atoms with Gasteiger partial charge in [0.25, 0.3) is 0 Å². The summed E-state index contributed by atoms with van der Waals surface area (Å²) in [7, 11) is 0. The molecule has 1 heterocycles. The van der Waals surface area contributed by atoms with Gasteiger partial charge in [0.15, 0.2) is 0 Å². The molecule has 0 N–H and O–H groups in total. The largest absolute Gasteiger partial charge is 0.439 e. The first kappa shape index (κ1) is 11.5. The van der Waals surface area contributed by atoms with Gasteiger partial charge in [-0.1, -0.05) is 0 Å². The van der Waals surface area contributed by atoms with Crippen molar-refractivity contribution in [1.82, 2.24) is 4.98 Å². The molecule has 0 radical (unpaired) electrons. The molecule has 0 aliphatic rings. The zero-order chi connectivity index (χ0) is 11.5. The van der Waals surface area contributed by atoms with Crippen molar-refractivity contribution in [3.63, 3.8) is 0 Å². The first-order valence-electron chi connectivity index (χ1n) is 4.39. The molecule has 2 nitrogen and oxygen atoms in total. The van der Waals surface area contributed by atoms with Crippen LogP contribution in [0.15, 0.2) is 45.5 Å². The predicted octanol–water partition coefficient (Wildman–Crippen LogP) is 4.54. The molecule has 2 aromatic rings. The van der Waals surface area contributed by atoms with E-state index in [0.29, 0.717) is 16.1 Å². The highest BCUT2D eigenvalue weighted by atomic mass is 79.9. The van der Waals surface area contributed by atoms with Gasteiger partial charge in [0.2, 0.25) is 5.88 Å². The average Bonchev–Trinajstić information content (AvgIpc) is 2.27. The van der Waals surface area contributed by atoms with E-state index < -0.39 is 0 Å². The number of hydrogen-bond acceptors (Lipinski definition) is 2. The number of ether oxygens (including phenoxy) is 1. The highest BCUT2D eigenvalue weighted by Gasteiger charge is 2.03. The molecule has 0 bridgehead atoms. The Morgan fingerprint density at radius 1 is 1.12 bits per heavy atom. The van der Waals surface area contributed by atoms with Crippen LogP contribution in [-0.4, -0.2) is 4.98 Å². The van der Waals surface area contributed by atoms with E-state index in [2.05, 4.69) is 36.8 Å². The Balaban J connectivity index is 2.20. The Kier molecular flexibility index (Phi) is 3.56. The van der Waals surface area contributed by atoms with Crippen molar-refractivity contribution in [3.8, 4) is 11.6 Å². The van der Waals surface area contributed by atoms with Gasteiger partial charge >= 0.3 is 0 Å². The van der Waals surface area contributed by atoms with Crippen LogP contribution in [0, 0.1) is 5.82 Å². The van der Waals surface area contributed by atoms with E-state index in [0.717, 1.165) is 4.47 Å². The number of nitrogens with zero attached hydrogens (tertiary/aromatic N) is 1. The van der Waals surface area contributed by atoms with Crippen molar-refractivity contribution in [2.75, 3.05) is 0 Å². The maximum Gasteiger partial charge on any atom is 0.219 e. The van der Waals surface area contributed by atoms with E-state index in [1.807, 2.05) is 6.07 Å². The summed E-state index contributed by atoms with van der Waals surface area (Å²) in [6.45, 7) is 0. The number of hydrogen-bond donors (Lipinski definition) is 0. The second kappa shape index (κ2) is 4.93. The molecule has 2 rings (SSSR count). The van der Waals surface area contributed by atoms with Crippen molar-refractivity contribution in [2.24, 2.45) is 0 Å². The third kappa shape index (κ3) is 2.80. The summed E-state index contributed by atoms with van der Waals surface area (Å²) in [6.07, 6.45) is 1.63. The minimum Gasteiger partial charge on any atom is -0.439 e. The molecule has 5 heteroatoms. The van der Waals surface area contributed by atoms with Gasteiger partial charge in [-0.25, -0.2) is 9.37 Å². The van der Waals surface area contributed by atoms with E-state index in [1.54, 1.807) is 24.4 Å². The van der Waals surface area contributed by atoms with Gasteiger partial charge in [0, 0.05) is 16.7 Å². The molecule has 0 amide bonds. The lowest BCUT2D eigenvalue weighted by atomic mass is 10.3. The van der Waals surface area contributed by atoms with Crippen LogP contribution in [0.4, 0.5) is 4.39 Å². The molecule has 1 aromatic heterocycles. The minimum atomic E-state index is -0.323. The van der Waals surface area contributed by atoms with E-state index in [4.69, 9.17) is 4.74 Å². The standard InChI is InChI=1S/C11H6Br2FNO/c12-7-1-4-11(15-6-7)16-8-2-3-10(14)9(13)5-8/h1-6H. The first-order chi connectivity index (χ1) is 7.65. The maximum absolute atomic E-state index is 13.0. The Labute approximate surface area is 109 Å². The predicted molar refractivity (Wildman–Crippen MR) is 66.1 cm³/mol. The van der Waals surface area contributed by atoms with Crippen LogP contribution < -0.4 is 4.74 Å². The number of aromatic nitrogens is 1. The fraction of sp³-hybridized carbons (Fsp3) is 0. The number of pyridine rings is 1. The van der Waals surface area contributed by atoms with Crippen molar-refractivity contribution >= 4 is 31.9 Å². The van der Waals surface area contributed by atoms with Crippen molar-refractivity contribution in [3.05, 3.63) is 51.3 Å². The molecule has 0 atom stereocenters. The van der Waals surface area contributed by atoms with Gasteiger partial charge in [0.1, 0.15) is 11.6 Å². The maximum atomic E-state index is 13.0. The Bertz CT molecular complexity index is 502. The van der Waals surface area contributed by atoms with Crippen LogP contribution in [0.3, 0.4) is 0 Å². The third-order valence-corrected chi connectivity index (χ3v) is 2.89. The summed E-state index contributed by atoms with van der Waals surface area (Å²) in [5.41, 5.74) is 0. The number of rotatable bonds is 2. The Morgan fingerprint density at radius 2 is 1.94 bits per heavy atom. The molecule has 0 unspecified atom stereocenters. The summed E-state index contributed by atoms with van der Waals surface area (Å²) in [6, 6.07) is 7.98. The van der Waals surface area contributed by atoms with Crippen LogP contribution >= 0.6 is 31.9 Å². The zero-order valence-electron chi connectivity index (χ0n) is 7.95. The van der Waals surface area contributed by atoms with E-state index in [9.17, 15) is 4.39 Å². The van der Waals surface area contributed by atoms with E-state index >= 15 is 0 Å². The topological polar surface area (TPSA) is 22.1 Å². The average molecular weight is 347 g/mol. The summed E-state index contributed by atoms with van der Waals surface area (Å²) < 4.78 is 19.6. The van der Waals surface area contributed by atoms with Crippen molar-refractivity contribution in [1.29, 1.82) is 0 Å². The summed E-state index contributed by atoms with van der Waals surface area (Å²) >= 11 is 6.36. The minimum absolute atomic E-state index is 0.323. The van der Waals surface area contributed by atoms with Gasteiger partial charge in [-0.05, 0) is 56.1 Å². The molecule has 0 saturated carbocycles. The molecule has 82 valence electrons. The Morgan fingerprint density at radius 3 is 2.56 bits per heavy atom. The highest BCUT2D eigenvalue weighted by molar-refractivity contribution is 9.10. The molecule has 0 aliphatic carbocycles. The van der Waals surface area contributed by atoms with E-state index in [1.165, 1.54) is 6.07 Å². The second-order valence-electron chi connectivity index (χ2n) is 2.99. The van der Waals surface area contributed by atoms with Crippen LogP contribution in [0.25, 0.3) is 0 Å². The fourth-order valence-electron chi connectivity index (χ4n) is 1.08. The van der Waals surface area contributed by atoms with Crippen molar-refractivity contribution in [2.45, 2.75) is 0 Å². The lowest BCUT2D eigenvalue weighted by molar-refractivity contribution is 0.460. The van der Waals surface area contributed by atoms with Crippen LogP contribution in [0.5, 0.6) is 11.6 Å². The van der Waals surface area contributed by atoms with Crippen molar-refractivity contribution < 1.29 is 9.13 Å². The second-order valence-corrected chi connectivity index (χ2v) is 4.76. The number of benzene rings is 1. The molecule has 0 spiro atoms. The van der Waals surface area contributed by atoms with Gasteiger partial charge < -0.3 is 4.74 Å². The lowest BCUT2D eigenvalue weighted by Crippen LogP contribution is -1.88. The first-order valence-corrected chi connectivity index (χ1v) is 5.98. The van der Waals surface area contributed by atoms with Gasteiger partial charge in [-0.2, -0.15) is 0 Å². The molecule has 1 aromatic carbocycles. The molecule has 0 fully saturated rings. The normalized spacial score (nSPS) is 10.2. The molecular formula is C11H6Br2FNO. The SMILES string of the molecule is Fc1ccc(Oc2ccc(Br)cn2)cc1Br. The third-order valence-electron chi connectivity index (χ3n) is 1.81. The quantitative estimate of drug-likeness (QED) is 0.796. The molecule has 16 heavy (non-hydrogen) atoms. The lowest BCUT2D eigenvalue weighted by Gasteiger charge is -2.05. The van der Waals surface area contributed by atoms with Gasteiger partial charge in [-0.3, -0.25) is 0 Å². The van der Waals surface area contributed by atoms with Gasteiger partial charge in [-0.15, -0.1) is 0 Å². The zero-order valence-corrected chi connectivity index (χ0v) is 11.1. The summed E-state index contributed by atoms with van der Waals surface area (Å²) in [4.78, 5) is 4.05. The molecule has 0 saturated heterocycles. The summed E-state index contributed by atoms with van der Waals surface area (Å²) in [5.74, 6) is 0.668. The highest BCUT2D eigenvalue weighted by Crippen LogP contribution is 2.25. The van der Waals surface area contributed by atoms with Crippen LogP contribution in [0.1, 0.15) is 0 Å². The number of halogens is 3. The summed E-state index contributed by atoms with van der Waals surface area (Å²) in [5, 5.41) is 0. The molecular weight excluding hydrogens is 341 g/mol. The van der Waals surface area contributed by atoms with Crippen LogP contribution in [0.2, 0.25) is 0 Å². The van der Waals surface area contributed by atoms with Crippen LogP contribution in [-0.2, 0) is 0 Å². The molecule has 0 aliphatic heterocycles. The van der Waals surface area contributed by atoms with E-state index in [-0.39, 0.29) is 5.82 Å². The smallest absolute Gasteiger partial charge is 0.219 e. The fourth-order valence-corrected chi connectivity index (χ4v) is 1.68.